The summed E-state index contributed by atoms with van der Waals surface area (Å²) in [4.78, 5) is 0. The fraction of sp³-hybridized carbons (Fsp3) is 0.273. The van der Waals surface area contributed by atoms with Gasteiger partial charge in [0.05, 0.1) is 29.1 Å². The topological polar surface area (TPSA) is 58.6 Å². The van der Waals surface area contributed by atoms with Gasteiger partial charge < -0.3 is 10.1 Å². The Balaban J connectivity index is 1.53. The molecule has 0 bridgehead atoms. The first-order valence-corrected chi connectivity index (χ1v) is 16.0. The van der Waals surface area contributed by atoms with E-state index in [2.05, 4.69) is 5.32 Å². The molecule has 0 spiro atoms. The normalized spacial score (nSPS) is 12.2. The first-order valence-electron chi connectivity index (χ1n) is 13.7. The summed E-state index contributed by atoms with van der Waals surface area (Å²) in [6.45, 7) is 1.38. The van der Waals surface area contributed by atoms with Crippen LogP contribution in [0.2, 0.25) is 5.02 Å². The number of sulfonamides is 1. The lowest BCUT2D eigenvalue weighted by atomic mass is 9.70. The van der Waals surface area contributed by atoms with Gasteiger partial charge in [-0.25, -0.2) is 8.42 Å². The van der Waals surface area contributed by atoms with Crippen LogP contribution in [0.3, 0.4) is 0 Å². The van der Waals surface area contributed by atoms with Crippen molar-refractivity contribution in [3.8, 4) is 5.75 Å². The number of alkyl halides is 3. The van der Waals surface area contributed by atoms with Gasteiger partial charge in [0.15, 0.2) is 0 Å². The van der Waals surface area contributed by atoms with E-state index < -0.39 is 27.2 Å². The van der Waals surface area contributed by atoms with Gasteiger partial charge in [0, 0.05) is 25.1 Å². The van der Waals surface area contributed by atoms with Crippen molar-refractivity contribution in [3.05, 3.63) is 130 Å². The summed E-state index contributed by atoms with van der Waals surface area (Å²) < 4.78 is 72.0. The minimum absolute atomic E-state index is 0.244. The van der Waals surface area contributed by atoms with Crippen LogP contribution in [0, 0.1) is 0 Å². The van der Waals surface area contributed by atoms with Crippen LogP contribution in [0.5, 0.6) is 5.75 Å². The quantitative estimate of drug-likeness (QED) is 0.157. The van der Waals surface area contributed by atoms with Gasteiger partial charge >= 0.3 is 6.18 Å². The number of nitrogens with one attached hydrogen (secondary N) is 1. The third-order valence-corrected chi connectivity index (χ3v) is 9.05. The van der Waals surface area contributed by atoms with Crippen LogP contribution in [-0.2, 0) is 28.0 Å². The van der Waals surface area contributed by atoms with Gasteiger partial charge in [-0.1, -0.05) is 90.5 Å². The zero-order valence-electron chi connectivity index (χ0n) is 23.9. The molecule has 4 rings (SSSR count). The van der Waals surface area contributed by atoms with E-state index >= 15 is 0 Å². The van der Waals surface area contributed by atoms with E-state index in [-0.39, 0.29) is 11.4 Å². The largest absolute Gasteiger partial charge is 0.493 e. The monoisotopic (exact) mass is 630 g/mol. The van der Waals surface area contributed by atoms with Crippen molar-refractivity contribution in [2.75, 3.05) is 37.3 Å². The Labute approximate surface area is 256 Å². The summed E-state index contributed by atoms with van der Waals surface area (Å²) >= 11 is 6.40. The van der Waals surface area contributed by atoms with E-state index in [1.54, 1.807) is 30.3 Å². The number of anilines is 1. The first-order chi connectivity index (χ1) is 20.4. The molecule has 0 amide bonds. The molecule has 10 heteroatoms. The van der Waals surface area contributed by atoms with Crippen molar-refractivity contribution < 1.29 is 26.3 Å². The zero-order valence-corrected chi connectivity index (χ0v) is 25.5. The molecule has 0 fully saturated rings. The minimum atomic E-state index is -4.56. The molecule has 1 N–H and O–H groups in total. The smallest absolute Gasteiger partial charge is 0.417 e. The lowest BCUT2D eigenvalue weighted by Crippen LogP contribution is -2.42. The summed E-state index contributed by atoms with van der Waals surface area (Å²) in [5.74, 6) is 0.551. The molecular weight excluding hydrogens is 597 g/mol. The molecule has 4 aromatic rings. The highest BCUT2D eigenvalue weighted by molar-refractivity contribution is 7.92. The number of halogens is 4. The van der Waals surface area contributed by atoms with Crippen LogP contribution >= 0.6 is 11.6 Å². The van der Waals surface area contributed by atoms with Crippen molar-refractivity contribution in [3.63, 3.8) is 0 Å². The summed E-state index contributed by atoms with van der Waals surface area (Å²) in [6, 6.07) is 30.4. The lowest BCUT2D eigenvalue weighted by molar-refractivity contribution is -0.137. The molecule has 0 saturated carbocycles. The summed E-state index contributed by atoms with van der Waals surface area (Å²) in [7, 11) is -1.91. The lowest BCUT2D eigenvalue weighted by Gasteiger charge is -2.36. The highest BCUT2D eigenvalue weighted by Gasteiger charge is 2.38. The molecule has 0 unspecified atom stereocenters. The van der Waals surface area contributed by atoms with Gasteiger partial charge in [0.25, 0.3) is 0 Å². The van der Waals surface area contributed by atoms with E-state index in [4.69, 9.17) is 16.3 Å². The highest BCUT2D eigenvalue weighted by Crippen LogP contribution is 2.41. The molecule has 43 heavy (non-hydrogen) atoms. The average Bonchev–Trinajstić information content (AvgIpc) is 2.98. The third-order valence-electron chi connectivity index (χ3n) is 7.40. The van der Waals surface area contributed by atoms with Gasteiger partial charge in [-0.05, 0) is 54.3 Å². The number of benzene rings is 4. The van der Waals surface area contributed by atoms with E-state index in [1.165, 1.54) is 17.4 Å². The molecule has 0 aliphatic rings. The molecule has 0 radical (unpaired) electrons. The maximum absolute atomic E-state index is 13.7. The maximum Gasteiger partial charge on any atom is 0.417 e. The maximum atomic E-state index is 13.7. The average molecular weight is 631 g/mol. The molecular formula is C33H34ClF3N2O3S. The van der Waals surface area contributed by atoms with E-state index in [0.29, 0.717) is 43.1 Å². The van der Waals surface area contributed by atoms with Crippen LogP contribution in [0.25, 0.3) is 0 Å². The predicted molar refractivity (Wildman–Crippen MR) is 166 cm³/mol. The van der Waals surface area contributed by atoms with Gasteiger partial charge in [0.2, 0.25) is 10.0 Å². The van der Waals surface area contributed by atoms with E-state index in [1.807, 2.05) is 60.7 Å². The number of hydrogen-bond donors (Lipinski definition) is 1. The van der Waals surface area contributed by atoms with Crippen molar-refractivity contribution in [1.29, 1.82) is 0 Å². The number of rotatable bonds is 13. The number of ether oxygens (including phenoxy) is 1. The van der Waals surface area contributed by atoms with Crippen molar-refractivity contribution >= 4 is 27.3 Å². The van der Waals surface area contributed by atoms with Gasteiger partial charge in [0.1, 0.15) is 5.75 Å². The Morgan fingerprint density at radius 2 is 1.47 bits per heavy atom. The fourth-order valence-electron chi connectivity index (χ4n) is 5.06. The molecule has 0 heterocycles. The van der Waals surface area contributed by atoms with Crippen LogP contribution < -0.4 is 14.4 Å². The van der Waals surface area contributed by atoms with Crippen molar-refractivity contribution in [1.82, 2.24) is 5.32 Å². The Hall–Kier alpha value is -3.53. The Kier molecular flexibility index (Phi) is 10.4. The molecule has 5 nitrogen and oxygen atoms in total. The Morgan fingerprint density at radius 1 is 0.860 bits per heavy atom. The molecule has 228 valence electrons. The van der Waals surface area contributed by atoms with Gasteiger partial charge in [-0.2, -0.15) is 13.2 Å². The van der Waals surface area contributed by atoms with Gasteiger partial charge in [-0.3, -0.25) is 4.31 Å². The molecule has 0 aliphatic heterocycles. The standard InChI is InChI=1S/C33H34ClF3N2O3S/c1-39(43(2,40)41)28-17-10-18-29(22-28)42-21-11-20-38-24-32(26-13-5-3-6-14-26,27-15-7-4-8-16-27)23-25-12-9-19-30(31(25)34)33(35,36)37/h3-10,12-19,22,38H,11,20-21,23-24H2,1-2H3. The molecule has 0 saturated heterocycles. The summed E-state index contributed by atoms with van der Waals surface area (Å²) in [5.41, 5.74) is 1.24. The fourth-order valence-corrected chi connectivity index (χ4v) is 5.86. The molecule has 0 atom stereocenters. The highest BCUT2D eigenvalue weighted by atomic mass is 35.5. The van der Waals surface area contributed by atoms with Crippen molar-refractivity contribution in [2.24, 2.45) is 0 Å². The van der Waals surface area contributed by atoms with Gasteiger partial charge in [-0.15, -0.1) is 0 Å². The number of nitrogens with zero attached hydrogens (tertiary/aromatic N) is 1. The van der Waals surface area contributed by atoms with Crippen molar-refractivity contribution in [2.45, 2.75) is 24.4 Å². The second kappa shape index (κ2) is 13.8. The van der Waals surface area contributed by atoms with Crippen LogP contribution in [0.15, 0.2) is 103 Å². The first kappa shape index (κ1) is 32.4. The second-order valence-corrected chi connectivity index (χ2v) is 12.8. The van der Waals surface area contributed by atoms with Crippen LogP contribution in [0.1, 0.15) is 28.7 Å². The molecule has 0 aliphatic carbocycles. The summed E-state index contributed by atoms with van der Waals surface area (Å²) in [6.07, 6.45) is -2.55. The molecule has 0 aromatic heterocycles. The SMILES string of the molecule is CN(c1cccc(OCCCNCC(Cc2cccc(C(F)(F)F)c2Cl)(c2ccccc2)c2ccccc2)c1)S(C)(=O)=O. The minimum Gasteiger partial charge on any atom is -0.493 e. The number of hydrogen-bond acceptors (Lipinski definition) is 4. The van der Waals surface area contributed by atoms with Crippen LogP contribution in [0.4, 0.5) is 18.9 Å². The van der Waals surface area contributed by atoms with Crippen LogP contribution in [-0.4, -0.2) is 41.4 Å². The van der Waals surface area contributed by atoms with E-state index in [9.17, 15) is 21.6 Å². The predicted octanol–water partition coefficient (Wildman–Crippen LogP) is 7.34. The second-order valence-electron chi connectivity index (χ2n) is 10.4. The Morgan fingerprint density at radius 3 is 2.05 bits per heavy atom. The summed E-state index contributed by atoms with van der Waals surface area (Å²) in [5, 5.41) is 3.22. The third kappa shape index (κ3) is 8.10. The molecule has 4 aromatic carbocycles. The zero-order chi connectivity index (χ0) is 31.1. The van der Waals surface area contributed by atoms with E-state index in [0.717, 1.165) is 23.4 Å². The Bertz CT molecular complexity index is 1560.